The second kappa shape index (κ2) is 8.53. The number of hydrogen-bond acceptors (Lipinski definition) is 5. The van der Waals surface area contributed by atoms with Crippen molar-refractivity contribution in [1.82, 2.24) is 9.80 Å². The lowest BCUT2D eigenvalue weighted by Gasteiger charge is -2.18. The van der Waals surface area contributed by atoms with Gasteiger partial charge in [-0.05, 0) is 60.5 Å². The maximum absolute atomic E-state index is 12.7. The first-order valence-corrected chi connectivity index (χ1v) is 10.3. The average Bonchev–Trinajstić information content (AvgIpc) is 3.34. The van der Waals surface area contributed by atoms with Gasteiger partial charge in [-0.3, -0.25) is 19.3 Å². The molecular weight excluding hydrogens is 388 g/mol. The van der Waals surface area contributed by atoms with E-state index in [1.165, 1.54) is 0 Å². The van der Waals surface area contributed by atoms with Crippen molar-refractivity contribution in [2.45, 2.75) is 12.8 Å². The Morgan fingerprint density at radius 1 is 1.00 bits per heavy atom. The van der Waals surface area contributed by atoms with Crippen LogP contribution in [0.15, 0.2) is 59.5 Å². The summed E-state index contributed by atoms with van der Waals surface area (Å²) >= 11 is 0.858. The molecule has 0 N–H and O–H groups in total. The highest BCUT2D eigenvalue weighted by Crippen LogP contribution is 2.33. The molecule has 2 fully saturated rings. The molecule has 2 heterocycles. The molecule has 0 unspecified atom stereocenters. The van der Waals surface area contributed by atoms with Gasteiger partial charge in [0.25, 0.3) is 11.1 Å². The van der Waals surface area contributed by atoms with Crippen molar-refractivity contribution in [3.63, 3.8) is 0 Å². The van der Waals surface area contributed by atoms with Crippen molar-refractivity contribution in [2.75, 3.05) is 19.6 Å². The number of para-hydroxylation sites is 1. The summed E-state index contributed by atoms with van der Waals surface area (Å²) in [6, 6.07) is 16.7. The van der Waals surface area contributed by atoms with Crippen LogP contribution < -0.4 is 4.74 Å². The minimum absolute atomic E-state index is 0.177. The van der Waals surface area contributed by atoms with E-state index in [0.717, 1.165) is 35.1 Å². The topological polar surface area (TPSA) is 66.9 Å². The van der Waals surface area contributed by atoms with Crippen LogP contribution >= 0.6 is 11.8 Å². The van der Waals surface area contributed by atoms with E-state index < -0.39 is 11.1 Å². The van der Waals surface area contributed by atoms with Crippen molar-refractivity contribution in [3.8, 4) is 11.5 Å². The quantitative estimate of drug-likeness (QED) is 0.696. The molecule has 29 heavy (non-hydrogen) atoms. The second-order valence-electron chi connectivity index (χ2n) is 6.84. The van der Waals surface area contributed by atoms with Crippen molar-refractivity contribution in [3.05, 3.63) is 65.1 Å². The van der Waals surface area contributed by atoms with Crippen molar-refractivity contribution < 1.29 is 19.1 Å². The Morgan fingerprint density at radius 2 is 1.72 bits per heavy atom. The van der Waals surface area contributed by atoms with E-state index in [1.807, 2.05) is 48.5 Å². The number of carbonyl (C=O) groups is 3. The number of ether oxygens (including phenoxy) is 1. The smallest absolute Gasteiger partial charge is 0.294 e. The number of benzene rings is 2. The minimum atomic E-state index is -0.429. The van der Waals surface area contributed by atoms with Gasteiger partial charge in [-0.2, -0.15) is 0 Å². The molecule has 148 valence electrons. The molecule has 0 saturated carbocycles. The summed E-state index contributed by atoms with van der Waals surface area (Å²) < 4.78 is 5.81. The molecule has 0 spiro atoms. The highest BCUT2D eigenvalue weighted by Gasteiger charge is 2.37. The normalized spacial score (nSPS) is 18.0. The van der Waals surface area contributed by atoms with Crippen LogP contribution in [0.25, 0.3) is 6.08 Å². The van der Waals surface area contributed by atoms with Crippen LogP contribution in [0.5, 0.6) is 11.5 Å². The largest absolute Gasteiger partial charge is 0.457 e. The van der Waals surface area contributed by atoms with Crippen LogP contribution in [-0.4, -0.2) is 46.5 Å². The van der Waals surface area contributed by atoms with Crippen molar-refractivity contribution >= 4 is 34.9 Å². The van der Waals surface area contributed by atoms with Gasteiger partial charge in [0.05, 0.1) is 4.91 Å². The Hall–Kier alpha value is -3.06. The summed E-state index contributed by atoms with van der Waals surface area (Å²) in [6.07, 6.45) is 3.59. The van der Waals surface area contributed by atoms with Crippen LogP contribution in [0.4, 0.5) is 4.79 Å². The van der Waals surface area contributed by atoms with E-state index in [4.69, 9.17) is 4.74 Å². The van der Waals surface area contributed by atoms with Gasteiger partial charge in [-0.1, -0.05) is 30.3 Å². The van der Waals surface area contributed by atoms with Gasteiger partial charge in [-0.25, -0.2) is 0 Å². The Labute approximate surface area is 173 Å². The summed E-state index contributed by atoms with van der Waals surface area (Å²) in [5.74, 6) is 0.741. The van der Waals surface area contributed by atoms with E-state index in [2.05, 4.69) is 0 Å². The molecule has 2 aromatic rings. The van der Waals surface area contributed by atoms with Gasteiger partial charge in [0.2, 0.25) is 5.91 Å². The maximum Gasteiger partial charge on any atom is 0.294 e. The van der Waals surface area contributed by atoms with E-state index >= 15 is 0 Å². The minimum Gasteiger partial charge on any atom is -0.457 e. The Kier molecular flexibility index (Phi) is 5.67. The van der Waals surface area contributed by atoms with Crippen LogP contribution in [-0.2, 0) is 9.59 Å². The third-order valence-electron chi connectivity index (χ3n) is 4.76. The highest BCUT2D eigenvalue weighted by atomic mass is 32.2. The summed E-state index contributed by atoms with van der Waals surface area (Å²) in [7, 11) is 0. The molecule has 2 aromatic carbocycles. The predicted molar refractivity (Wildman–Crippen MR) is 111 cm³/mol. The molecule has 2 aliphatic rings. The van der Waals surface area contributed by atoms with E-state index in [1.54, 1.807) is 17.0 Å². The fraction of sp³-hybridized carbons (Fsp3) is 0.227. The first kappa shape index (κ1) is 19.3. The summed E-state index contributed by atoms with van der Waals surface area (Å²) in [5, 5.41) is -0.412. The Bertz CT molecular complexity index is 968. The standard InChI is InChI=1S/C22H20N2O4S/c25-20(23-11-4-5-12-23)15-24-21(26)19(29-22(24)27)14-16-7-6-10-18(13-16)28-17-8-2-1-3-9-17/h1-3,6-10,13-14H,4-5,11-12,15H2/b19-14+. The van der Waals surface area contributed by atoms with Crippen molar-refractivity contribution in [1.29, 1.82) is 0 Å². The summed E-state index contributed by atoms with van der Waals surface area (Å²) in [6.45, 7) is 1.19. The van der Waals surface area contributed by atoms with Crippen LogP contribution in [0, 0.1) is 0 Å². The van der Waals surface area contributed by atoms with Crippen LogP contribution in [0.2, 0.25) is 0 Å². The third kappa shape index (κ3) is 4.51. The maximum atomic E-state index is 12.7. The van der Waals surface area contributed by atoms with Gasteiger partial charge < -0.3 is 9.64 Å². The first-order chi connectivity index (χ1) is 14.1. The zero-order chi connectivity index (χ0) is 20.2. The lowest BCUT2D eigenvalue weighted by Crippen LogP contribution is -2.40. The lowest BCUT2D eigenvalue weighted by atomic mass is 10.2. The highest BCUT2D eigenvalue weighted by molar-refractivity contribution is 8.18. The number of imide groups is 1. The number of amides is 3. The molecule has 6 nitrogen and oxygen atoms in total. The molecule has 3 amide bonds. The monoisotopic (exact) mass is 408 g/mol. The molecule has 0 atom stereocenters. The molecule has 0 bridgehead atoms. The fourth-order valence-corrected chi connectivity index (χ4v) is 4.12. The number of likely N-dealkylation sites (tertiary alicyclic amines) is 1. The Balaban J connectivity index is 1.47. The number of carbonyl (C=O) groups excluding carboxylic acids is 3. The van der Waals surface area contributed by atoms with Gasteiger partial charge in [0, 0.05) is 13.1 Å². The zero-order valence-corrected chi connectivity index (χ0v) is 16.6. The molecule has 2 saturated heterocycles. The van der Waals surface area contributed by atoms with Gasteiger partial charge in [0.1, 0.15) is 18.0 Å². The second-order valence-corrected chi connectivity index (χ2v) is 7.84. The molecule has 0 radical (unpaired) electrons. The molecule has 0 aliphatic carbocycles. The molecule has 2 aliphatic heterocycles. The van der Waals surface area contributed by atoms with Gasteiger partial charge >= 0.3 is 0 Å². The molecule has 0 aromatic heterocycles. The number of hydrogen-bond donors (Lipinski definition) is 0. The zero-order valence-electron chi connectivity index (χ0n) is 15.7. The lowest BCUT2D eigenvalue weighted by molar-refractivity contribution is -0.135. The van der Waals surface area contributed by atoms with E-state index in [-0.39, 0.29) is 12.5 Å². The number of rotatable bonds is 5. The Morgan fingerprint density at radius 3 is 2.48 bits per heavy atom. The SMILES string of the molecule is O=C(CN1C(=O)S/C(=C/c2cccc(Oc3ccccc3)c2)C1=O)N1CCCC1. The third-order valence-corrected chi connectivity index (χ3v) is 5.67. The summed E-state index contributed by atoms with van der Waals surface area (Å²) in [4.78, 5) is 40.3. The molecule has 4 rings (SSSR count). The molecular formula is C22H20N2O4S. The van der Waals surface area contributed by atoms with Gasteiger partial charge in [-0.15, -0.1) is 0 Å². The van der Waals surface area contributed by atoms with E-state index in [9.17, 15) is 14.4 Å². The van der Waals surface area contributed by atoms with Crippen molar-refractivity contribution in [2.24, 2.45) is 0 Å². The van der Waals surface area contributed by atoms with Gasteiger partial charge in [0.15, 0.2) is 0 Å². The average molecular weight is 408 g/mol. The predicted octanol–water partition coefficient (Wildman–Crippen LogP) is 4.14. The summed E-state index contributed by atoms with van der Waals surface area (Å²) in [5.41, 5.74) is 0.745. The molecule has 7 heteroatoms. The van der Waals surface area contributed by atoms with Crippen LogP contribution in [0.1, 0.15) is 18.4 Å². The van der Waals surface area contributed by atoms with Crippen LogP contribution in [0.3, 0.4) is 0 Å². The first-order valence-electron chi connectivity index (χ1n) is 9.46. The number of thioether (sulfide) groups is 1. The fourth-order valence-electron chi connectivity index (χ4n) is 3.28. The number of nitrogens with zero attached hydrogens (tertiary/aromatic N) is 2. The van der Waals surface area contributed by atoms with E-state index in [0.29, 0.717) is 29.5 Å².